The zero-order valence-corrected chi connectivity index (χ0v) is 20.5. The number of aliphatic hydroxyl groups is 1. The molecule has 0 radical (unpaired) electrons. The van der Waals surface area contributed by atoms with Crippen LogP contribution in [0.5, 0.6) is 0 Å². The molecule has 168 valence electrons. The van der Waals surface area contributed by atoms with Crippen molar-refractivity contribution in [3.63, 3.8) is 0 Å². The topological polar surface area (TPSA) is 80.7 Å². The van der Waals surface area contributed by atoms with E-state index < -0.39 is 0 Å². The number of rotatable bonds is 4. The summed E-state index contributed by atoms with van der Waals surface area (Å²) >= 11 is 2.10. The second-order valence-electron chi connectivity index (χ2n) is 10.9. The van der Waals surface area contributed by atoms with Gasteiger partial charge in [0.15, 0.2) is 5.78 Å². The molecule has 30 heavy (non-hydrogen) atoms. The summed E-state index contributed by atoms with van der Waals surface area (Å²) in [6.07, 6.45) is 6.86. The smallest absolute Gasteiger partial charge is 0.302 e. The Bertz CT molecular complexity index is 737. The standard InChI is InChI=1S/C24H35IO5/c1-13(26)30-12-19(25)22(29)18-7-6-17-16-5-4-14-10-15(27)8-9-23(14,2)21(16)20(28)11-24(17,18)3/h14-19,21,27H,4-12H2,1-3H3/t14-,15+,16-,17-,18+,19?,21+,23-,24-/m0/s1. The fourth-order valence-electron chi connectivity index (χ4n) is 8.01. The molecule has 5 nitrogen and oxygen atoms in total. The van der Waals surface area contributed by atoms with Gasteiger partial charge in [0.1, 0.15) is 16.3 Å². The Morgan fingerprint density at radius 3 is 2.60 bits per heavy atom. The summed E-state index contributed by atoms with van der Waals surface area (Å²) in [6.45, 7) is 5.96. The van der Waals surface area contributed by atoms with Crippen molar-refractivity contribution in [1.82, 2.24) is 0 Å². The summed E-state index contributed by atoms with van der Waals surface area (Å²) < 4.78 is 4.73. The quantitative estimate of drug-likeness (QED) is 0.336. The molecule has 1 N–H and O–H groups in total. The molecule has 6 heteroatoms. The van der Waals surface area contributed by atoms with Gasteiger partial charge in [-0.3, -0.25) is 14.4 Å². The van der Waals surface area contributed by atoms with E-state index in [4.69, 9.17) is 4.74 Å². The highest BCUT2D eigenvalue weighted by atomic mass is 127. The highest BCUT2D eigenvalue weighted by Crippen LogP contribution is 2.66. The number of carbonyl (C=O) groups excluding carboxylic acids is 3. The van der Waals surface area contributed by atoms with Crippen molar-refractivity contribution in [1.29, 1.82) is 0 Å². The lowest BCUT2D eigenvalue weighted by Crippen LogP contribution is -2.58. The Hall–Kier alpha value is -0.500. The monoisotopic (exact) mass is 530 g/mol. The number of Topliss-reactive ketones (excluding diaryl/α,β-unsaturated/α-hetero) is 2. The third-order valence-electron chi connectivity index (χ3n) is 9.41. The second kappa shape index (κ2) is 8.13. The summed E-state index contributed by atoms with van der Waals surface area (Å²) in [4.78, 5) is 38.1. The van der Waals surface area contributed by atoms with Crippen LogP contribution in [0.2, 0.25) is 0 Å². The molecule has 0 heterocycles. The maximum absolute atomic E-state index is 13.6. The van der Waals surface area contributed by atoms with Crippen LogP contribution in [-0.4, -0.2) is 39.3 Å². The molecule has 0 aromatic carbocycles. The summed E-state index contributed by atoms with van der Waals surface area (Å²) in [6, 6.07) is 0. The first-order valence-electron chi connectivity index (χ1n) is 11.6. The molecule has 4 saturated carbocycles. The van der Waals surface area contributed by atoms with E-state index in [-0.39, 0.29) is 51.1 Å². The zero-order valence-electron chi connectivity index (χ0n) is 18.4. The fourth-order valence-corrected chi connectivity index (χ4v) is 8.62. The van der Waals surface area contributed by atoms with E-state index in [0.29, 0.717) is 30.0 Å². The molecular formula is C24H35IO5. The minimum atomic E-state index is -0.363. The third-order valence-corrected chi connectivity index (χ3v) is 10.4. The van der Waals surface area contributed by atoms with Crippen LogP contribution in [0, 0.1) is 40.4 Å². The Morgan fingerprint density at radius 1 is 1.17 bits per heavy atom. The van der Waals surface area contributed by atoms with Crippen molar-refractivity contribution in [2.45, 2.75) is 82.2 Å². The number of carbonyl (C=O) groups is 3. The van der Waals surface area contributed by atoms with E-state index in [1.165, 1.54) is 6.92 Å². The van der Waals surface area contributed by atoms with Crippen LogP contribution < -0.4 is 0 Å². The first-order chi connectivity index (χ1) is 14.1. The molecule has 0 aliphatic heterocycles. The number of hydrogen-bond acceptors (Lipinski definition) is 5. The average molecular weight is 530 g/mol. The third kappa shape index (κ3) is 3.57. The first kappa shape index (κ1) is 22.7. The molecule has 0 saturated heterocycles. The van der Waals surface area contributed by atoms with Gasteiger partial charge in [-0.2, -0.15) is 0 Å². The van der Waals surface area contributed by atoms with Gasteiger partial charge in [0, 0.05) is 25.2 Å². The molecule has 0 aromatic rings. The lowest BCUT2D eigenvalue weighted by atomic mass is 9.44. The van der Waals surface area contributed by atoms with Crippen molar-refractivity contribution in [3.05, 3.63) is 0 Å². The highest BCUT2D eigenvalue weighted by molar-refractivity contribution is 14.1. The van der Waals surface area contributed by atoms with Crippen molar-refractivity contribution < 1.29 is 24.2 Å². The molecule has 0 spiro atoms. The van der Waals surface area contributed by atoms with E-state index in [1.807, 2.05) is 0 Å². The van der Waals surface area contributed by atoms with Gasteiger partial charge in [0.25, 0.3) is 0 Å². The molecular weight excluding hydrogens is 495 g/mol. The number of halogens is 1. The van der Waals surface area contributed by atoms with Gasteiger partial charge in [-0.1, -0.05) is 36.4 Å². The zero-order chi connectivity index (χ0) is 21.8. The average Bonchev–Trinajstić information content (AvgIpc) is 3.02. The minimum Gasteiger partial charge on any atom is -0.464 e. The highest BCUT2D eigenvalue weighted by Gasteiger charge is 2.64. The summed E-state index contributed by atoms with van der Waals surface area (Å²) in [5, 5.41) is 10.2. The van der Waals surface area contributed by atoms with Crippen LogP contribution >= 0.6 is 22.6 Å². The molecule has 0 aromatic heterocycles. The lowest BCUT2D eigenvalue weighted by Gasteiger charge is -2.59. The maximum atomic E-state index is 13.6. The van der Waals surface area contributed by atoms with Crippen LogP contribution in [0.3, 0.4) is 0 Å². The van der Waals surface area contributed by atoms with Gasteiger partial charge in [0.05, 0.1) is 6.10 Å². The van der Waals surface area contributed by atoms with Crippen LogP contribution in [0.15, 0.2) is 0 Å². The van der Waals surface area contributed by atoms with E-state index in [9.17, 15) is 19.5 Å². The first-order valence-corrected chi connectivity index (χ1v) is 12.8. The van der Waals surface area contributed by atoms with E-state index in [2.05, 4.69) is 36.4 Å². The predicted molar refractivity (Wildman–Crippen MR) is 121 cm³/mol. The molecule has 0 amide bonds. The Kier molecular flexibility index (Phi) is 6.14. The Morgan fingerprint density at radius 2 is 1.90 bits per heavy atom. The van der Waals surface area contributed by atoms with Gasteiger partial charge in [-0.05, 0) is 73.5 Å². The number of aliphatic hydroxyl groups excluding tert-OH is 1. The number of ketones is 2. The summed E-state index contributed by atoms with van der Waals surface area (Å²) in [5.74, 6) is 1.33. The number of fused-ring (bicyclic) bond motifs is 5. The maximum Gasteiger partial charge on any atom is 0.302 e. The number of esters is 1. The van der Waals surface area contributed by atoms with E-state index in [1.54, 1.807) is 0 Å². The largest absolute Gasteiger partial charge is 0.464 e. The Balaban J connectivity index is 1.56. The normalized spacial score (nSPS) is 46.4. The van der Waals surface area contributed by atoms with Gasteiger partial charge in [-0.15, -0.1) is 0 Å². The molecule has 0 bridgehead atoms. The number of hydrogen-bond donors (Lipinski definition) is 1. The van der Waals surface area contributed by atoms with Gasteiger partial charge >= 0.3 is 5.97 Å². The lowest BCUT2D eigenvalue weighted by molar-refractivity contribution is -0.162. The van der Waals surface area contributed by atoms with Crippen molar-refractivity contribution >= 4 is 40.1 Å². The predicted octanol–water partition coefficient (Wildman–Crippen LogP) is 4.12. The fraction of sp³-hybridized carbons (Fsp3) is 0.875. The summed E-state index contributed by atoms with van der Waals surface area (Å²) in [5.41, 5.74) is -0.268. The van der Waals surface area contributed by atoms with E-state index in [0.717, 1.165) is 44.9 Å². The molecule has 4 fully saturated rings. The molecule has 9 atom stereocenters. The van der Waals surface area contributed by atoms with Crippen LogP contribution in [0.4, 0.5) is 0 Å². The molecule has 4 aliphatic rings. The van der Waals surface area contributed by atoms with E-state index >= 15 is 0 Å². The minimum absolute atomic E-state index is 0.00375. The van der Waals surface area contributed by atoms with Gasteiger partial charge in [-0.25, -0.2) is 0 Å². The van der Waals surface area contributed by atoms with Crippen molar-refractivity contribution in [2.75, 3.05) is 6.61 Å². The second-order valence-corrected chi connectivity index (χ2v) is 12.4. The van der Waals surface area contributed by atoms with Gasteiger partial charge in [0.2, 0.25) is 0 Å². The number of alkyl halides is 1. The molecule has 1 unspecified atom stereocenters. The Labute approximate surface area is 193 Å². The summed E-state index contributed by atoms with van der Waals surface area (Å²) in [7, 11) is 0. The van der Waals surface area contributed by atoms with Crippen LogP contribution in [0.1, 0.15) is 72.1 Å². The SMILES string of the molecule is CC(=O)OCC(I)C(=O)[C@H]1CC[C@H]2[C@@H]3CC[C@H]4C[C@H](O)CC[C@]4(C)[C@H]3C(=O)C[C@]12C. The van der Waals surface area contributed by atoms with Crippen LogP contribution in [0.25, 0.3) is 0 Å². The molecule has 4 aliphatic carbocycles. The van der Waals surface area contributed by atoms with Crippen molar-refractivity contribution in [3.8, 4) is 0 Å². The van der Waals surface area contributed by atoms with Crippen molar-refractivity contribution in [2.24, 2.45) is 40.4 Å². The van der Waals surface area contributed by atoms with Gasteiger partial charge < -0.3 is 9.84 Å². The molecule has 4 rings (SSSR count). The van der Waals surface area contributed by atoms with Crippen LogP contribution in [-0.2, 0) is 19.1 Å². The number of ether oxygens (including phenoxy) is 1.